The fraction of sp³-hybridized carbons (Fsp3) is 0.364. The summed E-state index contributed by atoms with van der Waals surface area (Å²) in [5.41, 5.74) is 3.44. The zero-order valence-electron chi connectivity index (χ0n) is 17.1. The Bertz CT molecular complexity index is 859. The Morgan fingerprint density at radius 1 is 1.10 bits per heavy atom. The van der Waals surface area contributed by atoms with Gasteiger partial charge in [-0.15, -0.1) is 24.0 Å². The SMILES string of the molecule is CCNC(=NCCCc1cn(-c2ccccc2)nc1C)NCCc1ccco1.I. The summed E-state index contributed by atoms with van der Waals surface area (Å²) in [5, 5.41) is 11.3. The van der Waals surface area contributed by atoms with Crippen LogP contribution in [-0.4, -0.2) is 35.4 Å². The van der Waals surface area contributed by atoms with Gasteiger partial charge in [0, 0.05) is 32.3 Å². The smallest absolute Gasteiger partial charge is 0.191 e. The first-order chi connectivity index (χ1) is 13.8. The Kier molecular flexibility index (Phi) is 9.76. The van der Waals surface area contributed by atoms with Crippen LogP contribution in [0.25, 0.3) is 5.69 Å². The number of halogens is 1. The predicted molar refractivity (Wildman–Crippen MR) is 128 cm³/mol. The minimum atomic E-state index is 0. The molecule has 7 heteroatoms. The zero-order valence-corrected chi connectivity index (χ0v) is 19.4. The normalized spacial score (nSPS) is 11.2. The second-order valence-electron chi connectivity index (χ2n) is 6.64. The van der Waals surface area contributed by atoms with Crippen LogP contribution in [0.2, 0.25) is 0 Å². The maximum atomic E-state index is 5.36. The molecular weight excluding hydrogens is 477 g/mol. The third-order valence-electron chi connectivity index (χ3n) is 4.48. The first-order valence-electron chi connectivity index (χ1n) is 9.91. The highest BCUT2D eigenvalue weighted by molar-refractivity contribution is 14.0. The van der Waals surface area contributed by atoms with Gasteiger partial charge in [-0.25, -0.2) is 4.68 Å². The van der Waals surface area contributed by atoms with Gasteiger partial charge in [0.15, 0.2) is 5.96 Å². The van der Waals surface area contributed by atoms with Gasteiger partial charge in [0.2, 0.25) is 0 Å². The van der Waals surface area contributed by atoms with Gasteiger partial charge >= 0.3 is 0 Å². The number of aliphatic imine (C=N–C) groups is 1. The van der Waals surface area contributed by atoms with Gasteiger partial charge in [-0.05, 0) is 56.5 Å². The summed E-state index contributed by atoms with van der Waals surface area (Å²) >= 11 is 0. The molecular formula is C22H30IN5O. The van der Waals surface area contributed by atoms with Crippen LogP contribution in [0.4, 0.5) is 0 Å². The van der Waals surface area contributed by atoms with Gasteiger partial charge in [-0.1, -0.05) is 18.2 Å². The molecule has 0 aliphatic heterocycles. The lowest BCUT2D eigenvalue weighted by molar-refractivity contribution is 0.507. The Hall–Kier alpha value is -2.29. The Morgan fingerprint density at radius 3 is 2.66 bits per heavy atom. The van der Waals surface area contributed by atoms with E-state index in [4.69, 9.17) is 4.42 Å². The molecule has 0 saturated heterocycles. The van der Waals surface area contributed by atoms with Crippen molar-refractivity contribution in [3.05, 3.63) is 71.9 Å². The highest BCUT2D eigenvalue weighted by Crippen LogP contribution is 2.13. The Balaban J connectivity index is 0.00000300. The van der Waals surface area contributed by atoms with Gasteiger partial charge < -0.3 is 15.1 Å². The van der Waals surface area contributed by atoms with Gasteiger partial charge in [0.25, 0.3) is 0 Å². The quantitative estimate of drug-likeness (QED) is 0.198. The molecule has 0 saturated carbocycles. The standard InChI is InChI=1S/C22H29N5O.HI/c1-3-23-22(25-15-13-21-12-8-16-28-21)24-14-7-9-19-17-27(26-18(19)2)20-10-5-4-6-11-20;/h4-6,8,10-12,16-17H,3,7,9,13-15H2,1-2H3,(H2,23,24,25);1H. The van der Waals surface area contributed by atoms with Crippen LogP contribution in [0.15, 0.2) is 64.3 Å². The number of para-hydroxylation sites is 1. The van der Waals surface area contributed by atoms with E-state index >= 15 is 0 Å². The van der Waals surface area contributed by atoms with Crippen LogP contribution in [0.3, 0.4) is 0 Å². The van der Waals surface area contributed by atoms with Crippen molar-refractivity contribution in [1.29, 1.82) is 0 Å². The van der Waals surface area contributed by atoms with Crippen molar-refractivity contribution in [3.63, 3.8) is 0 Å². The molecule has 156 valence electrons. The molecule has 0 aliphatic carbocycles. The van der Waals surface area contributed by atoms with E-state index in [0.717, 1.165) is 62.0 Å². The van der Waals surface area contributed by atoms with Crippen LogP contribution in [-0.2, 0) is 12.8 Å². The molecule has 2 aromatic heterocycles. The monoisotopic (exact) mass is 507 g/mol. The number of nitrogens with one attached hydrogen (secondary N) is 2. The molecule has 29 heavy (non-hydrogen) atoms. The molecule has 0 unspecified atom stereocenters. The number of aromatic nitrogens is 2. The van der Waals surface area contributed by atoms with Crippen molar-refractivity contribution in [2.45, 2.75) is 33.1 Å². The summed E-state index contributed by atoms with van der Waals surface area (Å²) in [6.07, 6.45) is 6.62. The summed E-state index contributed by atoms with van der Waals surface area (Å²) in [7, 11) is 0. The average Bonchev–Trinajstić information content (AvgIpc) is 3.36. The maximum Gasteiger partial charge on any atom is 0.191 e. The summed E-state index contributed by atoms with van der Waals surface area (Å²) < 4.78 is 7.31. The van der Waals surface area contributed by atoms with Crippen LogP contribution < -0.4 is 10.6 Å². The lowest BCUT2D eigenvalue weighted by Gasteiger charge is -2.10. The minimum absolute atomic E-state index is 0. The fourth-order valence-electron chi connectivity index (χ4n) is 3.02. The van der Waals surface area contributed by atoms with E-state index in [1.165, 1.54) is 5.56 Å². The van der Waals surface area contributed by atoms with Gasteiger partial charge in [-0.3, -0.25) is 4.99 Å². The van der Waals surface area contributed by atoms with E-state index < -0.39 is 0 Å². The van der Waals surface area contributed by atoms with Crippen LogP contribution in [0, 0.1) is 6.92 Å². The van der Waals surface area contributed by atoms with Crippen molar-refractivity contribution in [3.8, 4) is 5.69 Å². The van der Waals surface area contributed by atoms with Crippen molar-refractivity contribution in [2.24, 2.45) is 4.99 Å². The molecule has 0 fully saturated rings. The maximum absolute atomic E-state index is 5.36. The van der Waals surface area contributed by atoms with E-state index in [9.17, 15) is 0 Å². The number of benzene rings is 1. The molecule has 6 nitrogen and oxygen atoms in total. The highest BCUT2D eigenvalue weighted by atomic mass is 127. The number of rotatable bonds is 9. The van der Waals surface area contributed by atoms with Crippen molar-refractivity contribution < 1.29 is 4.42 Å². The molecule has 0 spiro atoms. The molecule has 0 amide bonds. The third kappa shape index (κ3) is 7.23. The summed E-state index contributed by atoms with van der Waals surface area (Å²) in [5.74, 6) is 1.83. The second-order valence-corrected chi connectivity index (χ2v) is 6.64. The number of hydrogen-bond donors (Lipinski definition) is 2. The average molecular weight is 507 g/mol. The van der Waals surface area contributed by atoms with E-state index in [2.05, 4.69) is 52.9 Å². The first kappa shape index (κ1) is 23.0. The van der Waals surface area contributed by atoms with Gasteiger partial charge in [0.1, 0.15) is 5.76 Å². The Morgan fingerprint density at radius 2 is 1.93 bits per heavy atom. The molecule has 2 N–H and O–H groups in total. The molecule has 0 radical (unpaired) electrons. The minimum Gasteiger partial charge on any atom is -0.469 e. The van der Waals surface area contributed by atoms with Crippen LogP contribution >= 0.6 is 24.0 Å². The number of guanidine groups is 1. The Labute approximate surface area is 189 Å². The second kappa shape index (κ2) is 12.3. The van der Waals surface area contributed by atoms with Gasteiger partial charge in [0.05, 0.1) is 17.6 Å². The lowest BCUT2D eigenvalue weighted by Crippen LogP contribution is -2.38. The van der Waals surface area contributed by atoms with Crippen LogP contribution in [0.5, 0.6) is 0 Å². The van der Waals surface area contributed by atoms with E-state index in [-0.39, 0.29) is 24.0 Å². The molecule has 1 aromatic carbocycles. The molecule has 0 bridgehead atoms. The topological polar surface area (TPSA) is 67.4 Å². The fourth-order valence-corrected chi connectivity index (χ4v) is 3.02. The first-order valence-corrected chi connectivity index (χ1v) is 9.91. The highest BCUT2D eigenvalue weighted by Gasteiger charge is 2.06. The summed E-state index contributed by atoms with van der Waals surface area (Å²) in [6, 6.07) is 14.1. The van der Waals surface area contributed by atoms with Crippen molar-refractivity contribution in [2.75, 3.05) is 19.6 Å². The molecule has 0 atom stereocenters. The zero-order chi connectivity index (χ0) is 19.6. The third-order valence-corrected chi connectivity index (χ3v) is 4.48. The molecule has 0 aliphatic rings. The van der Waals surface area contributed by atoms with Gasteiger partial charge in [-0.2, -0.15) is 5.10 Å². The van der Waals surface area contributed by atoms with Crippen LogP contribution in [0.1, 0.15) is 30.4 Å². The number of hydrogen-bond acceptors (Lipinski definition) is 3. The summed E-state index contributed by atoms with van der Waals surface area (Å²) in [4.78, 5) is 4.68. The molecule has 3 aromatic rings. The molecule has 3 rings (SSSR count). The van der Waals surface area contributed by atoms with Crippen molar-refractivity contribution >= 4 is 29.9 Å². The van der Waals surface area contributed by atoms with E-state index in [0.29, 0.717) is 0 Å². The van der Waals surface area contributed by atoms with E-state index in [1.54, 1.807) is 6.26 Å². The number of aryl methyl sites for hydroxylation is 2. The lowest BCUT2D eigenvalue weighted by atomic mass is 10.1. The molecule has 2 heterocycles. The van der Waals surface area contributed by atoms with Crippen molar-refractivity contribution in [1.82, 2.24) is 20.4 Å². The number of furan rings is 1. The summed E-state index contributed by atoms with van der Waals surface area (Å²) in [6.45, 7) is 6.55. The largest absolute Gasteiger partial charge is 0.469 e. The van der Waals surface area contributed by atoms with E-state index in [1.807, 2.05) is 35.0 Å². The number of nitrogens with zero attached hydrogens (tertiary/aromatic N) is 3. The predicted octanol–water partition coefficient (Wildman–Crippen LogP) is 4.12.